The summed E-state index contributed by atoms with van der Waals surface area (Å²) in [7, 11) is 0. The Labute approximate surface area is 490 Å². The SMILES string of the molecule is CC1(C)c2cc(-c3ccc4c(c3)C(C)(C)c3cc(-c5c6ccccc6c(-c6c7ccccc7c(-c7ccccc7)c7ccccc67)c6ccccc56)ccc3-4)ccc2-c2ccc(-c3c4ccccc4c(-c4ccccc4)c4ccccc34)cc21. The van der Waals surface area contributed by atoms with Gasteiger partial charge in [-0.05, 0) is 200 Å². The van der Waals surface area contributed by atoms with Crippen LogP contribution in [0, 0.1) is 0 Å². The summed E-state index contributed by atoms with van der Waals surface area (Å²) in [6.07, 6.45) is 0. The number of benzene rings is 15. The van der Waals surface area contributed by atoms with Crippen molar-refractivity contribution < 1.29 is 0 Å². The van der Waals surface area contributed by atoms with E-state index < -0.39 is 0 Å². The zero-order valence-corrected chi connectivity index (χ0v) is 47.6. The third kappa shape index (κ3) is 6.95. The lowest BCUT2D eigenvalue weighted by molar-refractivity contribution is 0.660. The monoisotopic (exact) mass is 1070 g/mol. The van der Waals surface area contributed by atoms with Gasteiger partial charge in [0.25, 0.3) is 0 Å². The first-order chi connectivity index (χ1) is 41.2. The van der Waals surface area contributed by atoms with Crippen molar-refractivity contribution in [2.75, 3.05) is 0 Å². The van der Waals surface area contributed by atoms with Crippen LogP contribution in [-0.4, -0.2) is 0 Å². The highest BCUT2D eigenvalue weighted by Crippen LogP contribution is 2.56. The van der Waals surface area contributed by atoms with Crippen LogP contribution in [0.5, 0.6) is 0 Å². The minimum atomic E-state index is -0.239. The molecular formula is C84H58. The minimum Gasteiger partial charge on any atom is -0.0622 e. The van der Waals surface area contributed by atoms with Gasteiger partial charge in [-0.25, -0.2) is 0 Å². The van der Waals surface area contributed by atoms with E-state index in [4.69, 9.17) is 0 Å². The van der Waals surface area contributed by atoms with Crippen LogP contribution in [0.15, 0.2) is 279 Å². The molecule has 84 heavy (non-hydrogen) atoms. The molecule has 394 valence electrons. The standard InChI is InChI=1S/C84H58/c1-83(2)73-47-53(39-43-57(73)59-45-41-55(49-75(59)83)79-63-29-13-11-27-61(63)77(51-23-7-5-8-24-51)62-28-12-14-30-64(62)79)54-40-44-58-60-46-42-56(50-76(60)84(3,4)74(58)48-54)80-67-33-17-21-37-71(67)82(72-38-22-18-34-68(72)80)81-69-35-19-15-31-65(69)78(52-25-9-6-10-26-52)66-32-16-20-36-70(66)81/h5-50H,1-4H3. The Balaban J connectivity index is 0.754. The van der Waals surface area contributed by atoms with Crippen LogP contribution in [0.4, 0.5) is 0 Å². The van der Waals surface area contributed by atoms with Crippen LogP contribution in [0.25, 0.3) is 154 Å². The first kappa shape index (κ1) is 48.6. The molecule has 0 aromatic heterocycles. The van der Waals surface area contributed by atoms with Crippen molar-refractivity contribution in [3.8, 4) is 89.0 Å². The first-order valence-corrected chi connectivity index (χ1v) is 29.7. The van der Waals surface area contributed by atoms with Gasteiger partial charge in [0, 0.05) is 10.8 Å². The molecule has 0 saturated carbocycles. The summed E-state index contributed by atoms with van der Waals surface area (Å²) in [5, 5.41) is 15.2. The molecule has 0 fully saturated rings. The predicted molar refractivity (Wildman–Crippen MR) is 359 cm³/mol. The lowest BCUT2D eigenvalue weighted by Gasteiger charge is -2.24. The zero-order chi connectivity index (χ0) is 56.0. The van der Waals surface area contributed by atoms with E-state index in [1.54, 1.807) is 0 Å². The van der Waals surface area contributed by atoms with Gasteiger partial charge in [0.15, 0.2) is 0 Å². The summed E-state index contributed by atoms with van der Waals surface area (Å²) in [5.41, 5.74) is 25.6. The summed E-state index contributed by atoms with van der Waals surface area (Å²) in [5.74, 6) is 0. The quantitative estimate of drug-likeness (QED) is 0.146. The van der Waals surface area contributed by atoms with Crippen molar-refractivity contribution in [2.24, 2.45) is 0 Å². The van der Waals surface area contributed by atoms with E-state index in [2.05, 4.69) is 307 Å². The van der Waals surface area contributed by atoms with E-state index in [-0.39, 0.29) is 10.8 Å². The van der Waals surface area contributed by atoms with Crippen molar-refractivity contribution in [3.05, 3.63) is 301 Å². The smallest absolute Gasteiger partial charge is 0.0159 e. The molecule has 15 aromatic carbocycles. The largest absolute Gasteiger partial charge is 0.0622 e. The molecule has 0 amide bonds. The summed E-state index contributed by atoms with van der Waals surface area (Å²) in [4.78, 5) is 0. The van der Waals surface area contributed by atoms with E-state index >= 15 is 0 Å². The molecule has 0 radical (unpaired) electrons. The van der Waals surface area contributed by atoms with Crippen molar-refractivity contribution in [1.82, 2.24) is 0 Å². The van der Waals surface area contributed by atoms with E-state index in [1.165, 1.54) is 176 Å². The molecular weight excluding hydrogens is 1010 g/mol. The third-order valence-electron chi connectivity index (χ3n) is 19.4. The van der Waals surface area contributed by atoms with Crippen molar-refractivity contribution in [3.63, 3.8) is 0 Å². The van der Waals surface area contributed by atoms with Crippen molar-refractivity contribution in [2.45, 2.75) is 38.5 Å². The van der Waals surface area contributed by atoms with E-state index in [0.29, 0.717) is 0 Å². The van der Waals surface area contributed by atoms with Crippen LogP contribution in [0.2, 0.25) is 0 Å². The van der Waals surface area contributed by atoms with E-state index in [1.807, 2.05) is 0 Å². The van der Waals surface area contributed by atoms with Gasteiger partial charge in [0.1, 0.15) is 0 Å². The van der Waals surface area contributed by atoms with Crippen LogP contribution in [0.1, 0.15) is 49.9 Å². The van der Waals surface area contributed by atoms with Crippen LogP contribution in [-0.2, 0) is 10.8 Å². The lowest BCUT2D eigenvalue weighted by atomic mass is 9.78. The first-order valence-electron chi connectivity index (χ1n) is 29.7. The number of hydrogen-bond acceptors (Lipinski definition) is 0. The van der Waals surface area contributed by atoms with Gasteiger partial charge in [-0.15, -0.1) is 0 Å². The normalized spacial score (nSPS) is 13.7. The lowest BCUT2D eigenvalue weighted by Crippen LogP contribution is -2.15. The Kier molecular flexibility index (Phi) is 10.5. The molecule has 0 spiro atoms. The molecule has 0 atom stereocenters. The van der Waals surface area contributed by atoms with Gasteiger partial charge >= 0.3 is 0 Å². The van der Waals surface area contributed by atoms with Crippen LogP contribution in [0.3, 0.4) is 0 Å². The molecule has 0 saturated heterocycles. The minimum absolute atomic E-state index is 0.212. The van der Waals surface area contributed by atoms with Crippen LogP contribution < -0.4 is 0 Å². The maximum absolute atomic E-state index is 2.52. The Morgan fingerprint density at radius 3 is 0.607 bits per heavy atom. The second-order valence-electron chi connectivity index (χ2n) is 24.5. The van der Waals surface area contributed by atoms with E-state index in [9.17, 15) is 0 Å². The average Bonchev–Trinajstić information content (AvgIpc) is 1.16. The molecule has 17 rings (SSSR count). The Morgan fingerprint density at radius 2 is 0.357 bits per heavy atom. The summed E-state index contributed by atoms with van der Waals surface area (Å²) in [6, 6.07) is 105. The number of rotatable bonds is 6. The highest BCUT2D eigenvalue weighted by molar-refractivity contribution is 6.30. The van der Waals surface area contributed by atoms with Gasteiger partial charge in [-0.2, -0.15) is 0 Å². The fourth-order valence-electron chi connectivity index (χ4n) is 15.5. The molecule has 0 aliphatic heterocycles. The second-order valence-corrected chi connectivity index (χ2v) is 24.5. The molecule has 2 aliphatic rings. The molecule has 0 bridgehead atoms. The molecule has 0 N–H and O–H groups in total. The van der Waals surface area contributed by atoms with Crippen LogP contribution >= 0.6 is 0 Å². The zero-order valence-electron chi connectivity index (χ0n) is 47.6. The van der Waals surface area contributed by atoms with Gasteiger partial charge in [-0.1, -0.05) is 282 Å². The summed E-state index contributed by atoms with van der Waals surface area (Å²) >= 11 is 0. The molecule has 0 heterocycles. The maximum atomic E-state index is 2.52. The number of fused-ring (bicyclic) bond motifs is 12. The van der Waals surface area contributed by atoms with Crippen molar-refractivity contribution in [1.29, 1.82) is 0 Å². The van der Waals surface area contributed by atoms with Crippen molar-refractivity contribution >= 4 is 64.6 Å². The Bertz CT molecular complexity index is 5110. The maximum Gasteiger partial charge on any atom is 0.0159 e. The summed E-state index contributed by atoms with van der Waals surface area (Å²) in [6.45, 7) is 9.71. The van der Waals surface area contributed by atoms with Gasteiger partial charge in [0.2, 0.25) is 0 Å². The predicted octanol–water partition coefficient (Wildman–Crippen LogP) is 23.2. The highest BCUT2D eigenvalue weighted by atomic mass is 14.4. The molecule has 0 heteroatoms. The Morgan fingerprint density at radius 1 is 0.167 bits per heavy atom. The fourth-order valence-corrected chi connectivity index (χ4v) is 15.5. The Hall–Kier alpha value is -10.1. The van der Waals surface area contributed by atoms with Gasteiger partial charge in [0.05, 0.1) is 0 Å². The number of hydrogen-bond donors (Lipinski definition) is 0. The topological polar surface area (TPSA) is 0 Å². The second kappa shape index (κ2) is 18.2. The summed E-state index contributed by atoms with van der Waals surface area (Å²) < 4.78 is 0. The fraction of sp³-hybridized carbons (Fsp3) is 0.0714. The molecule has 15 aromatic rings. The molecule has 2 aliphatic carbocycles. The molecule has 0 unspecified atom stereocenters. The molecule has 0 nitrogen and oxygen atoms in total. The van der Waals surface area contributed by atoms with Gasteiger partial charge < -0.3 is 0 Å². The highest BCUT2D eigenvalue weighted by Gasteiger charge is 2.39. The van der Waals surface area contributed by atoms with Gasteiger partial charge in [-0.3, -0.25) is 0 Å². The van der Waals surface area contributed by atoms with E-state index in [0.717, 1.165) is 0 Å². The average molecular weight is 1070 g/mol. The third-order valence-corrected chi connectivity index (χ3v) is 19.4.